The van der Waals surface area contributed by atoms with Crippen LogP contribution in [0.1, 0.15) is 11.1 Å². The molecule has 0 radical (unpaired) electrons. The van der Waals surface area contributed by atoms with Crippen molar-refractivity contribution in [2.24, 2.45) is 0 Å². The van der Waals surface area contributed by atoms with Crippen molar-refractivity contribution >= 4 is 11.8 Å². The Kier molecular flexibility index (Phi) is 6.41. The van der Waals surface area contributed by atoms with E-state index in [4.69, 9.17) is 9.47 Å². The highest BCUT2D eigenvalue weighted by Crippen LogP contribution is 2.34. The second-order valence-corrected chi connectivity index (χ2v) is 8.01. The van der Waals surface area contributed by atoms with Crippen molar-refractivity contribution in [3.05, 3.63) is 83.4 Å². The molecule has 0 atom stereocenters. The summed E-state index contributed by atoms with van der Waals surface area (Å²) in [5.74, 6) is 0.681. The summed E-state index contributed by atoms with van der Waals surface area (Å²) < 4.78 is 40.9. The van der Waals surface area contributed by atoms with E-state index in [0.29, 0.717) is 22.5 Å². The van der Waals surface area contributed by atoms with Crippen LogP contribution in [0.15, 0.2) is 65.8 Å². The van der Waals surface area contributed by atoms with Gasteiger partial charge in [0.25, 0.3) is 0 Å². The maximum Gasteiger partial charge on any atom is 0.196 e. The van der Waals surface area contributed by atoms with Gasteiger partial charge in [-0.25, -0.2) is 8.78 Å². The molecule has 32 heavy (non-hydrogen) atoms. The van der Waals surface area contributed by atoms with Crippen LogP contribution in [0.3, 0.4) is 0 Å². The lowest BCUT2D eigenvalue weighted by Gasteiger charge is -2.13. The van der Waals surface area contributed by atoms with Crippen molar-refractivity contribution in [2.45, 2.75) is 17.8 Å². The number of nitrogens with zero attached hydrogens (tertiary/aromatic N) is 3. The summed E-state index contributed by atoms with van der Waals surface area (Å²) in [6.45, 7) is 2.00. The van der Waals surface area contributed by atoms with E-state index in [9.17, 15) is 8.78 Å². The lowest BCUT2D eigenvalue weighted by atomic mass is 10.1. The quantitative estimate of drug-likeness (QED) is 0.330. The predicted octanol–water partition coefficient (Wildman–Crippen LogP) is 5.83. The summed E-state index contributed by atoms with van der Waals surface area (Å²) in [5.41, 5.74) is 2.67. The smallest absolute Gasteiger partial charge is 0.196 e. The predicted molar refractivity (Wildman–Crippen MR) is 121 cm³/mol. The third-order valence-electron chi connectivity index (χ3n) is 4.94. The van der Waals surface area contributed by atoms with Gasteiger partial charge in [0.2, 0.25) is 0 Å². The fourth-order valence-electron chi connectivity index (χ4n) is 3.22. The Bertz CT molecular complexity index is 1200. The number of rotatable bonds is 7. The highest BCUT2D eigenvalue weighted by Gasteiger charge is 2.19. The van der Waals surface area contributed by atoms with Crippen molar-refractivity contribution in [3.8, 4) is 28.6 Å². The monoisotopic (exact) mass is 453 g/mol. The first-order chi connectivity index (χ1) is 15.5. The number of hydrogen-bond donors (Lipinski definition) is 0. The van der Waals surface area contributed by atoms with Crippen molar-refractivity contribution in [2.75, 3.05) is 14.2 Å². The van der Waals surface area contributed by atoms with Gasteiger partial charge in [0.15, 0.2) is 11.0 Å². The van der Waals surface area contributed by atoms with Crippen molar-refractivity contribution in [1.29, 1.82) is 0 Å². The molecule has 0 fully saturated rings. The van der Waals surface area contributed by atoms with E-state index >= 15 is 0 Å². The molecule has 4 aromatic rings. The average Bonchev–Trinajstić information content (AvgIpc) is 3.23. The Morgan fingerprint density at radius 1 is 0.875 bits per heavy atom. The van der Waals surface area contributed by atoms with E-state index in [1.807, 2.05) is 47.9 Å². The molecular formula is C24H21F2N3O2S. The molecule has 0 aliphatic rings. The number of aromatic nitrogens is 3. The van der Waals surface area contributed by atoms with Crippen molar-refractivity contribution in [1.82, 2.24) is 14.8 Å². The van der Waals surface area contributed by atoms with Gasteiger partial charge in [-0.05, 0) is 43.3 Å². The number of ether oxygens (including phenoxy) is 2. The van der Waals surface area contributed by atoms with Crippen LogP contribution in [-0.2, 0) is 5.75 Å². The molecule has 0 spiro atoms. The molecule has 0 saturated heterocycles. The van der Waals surface area contributed by atoms with Gasteiger partial charge in [-0.15, -0.1) is 10.2 Å². The molecule has 1 aromatic heterocycles. The first-order valence-corrected chi connectivity index (χ1v) is 10.8. The highest BCUT2D eigenvalue weighted by atomic mass is 32.2. The molecule has 0 amide bonds. The minimum Gasteiger partial charge on any atom is -0.497 e. The lowest BCUT2D eigenvalue weighted by Crippen LogP contribution is -2.01. The van der Waals surface area contributed by atoms with Crippen LogP contribution >= 0.6 is 11.8 Å². The normalized spacial score (nSPS) is 10.9. The SMILES string of the molecule is COc1cc(OC)cc(-c2nnc(SCc3c(F)cccc3F)n2-c2ccc(C)cc2)c1. The van der Waals surface area contributed by atoms with E-state index in [1.54, 1.807) is 20.3 Å². The van der Waals surface area contributed by atoms with Crippen LogP contribution in [0, 0.1) is 18.6 Å². The molecular weight excluding hydrogens is 432 g/mol. The standard InChI is InChI=1S/C24H21F2N3O2S/c1-15-7-9-17(10-8-15)29-23(16-11-18(30-2)13-19(12-16)31-3)27-28-24(29)32-14-20-21(25)5-4-6-22(20)26/h4-13H,14H2,1-3H3. The molecule has 4 rings (SSSR count). The van der Waals surface area contributed by atoms with E-state index in [-0.39, 0.29) is 11.3 Å². The van der Waals surface area contributed by atoms with Crippen LogP contribution in [-0.4, -0.2) is 29.0 Å². The third kappa shape index (κ3) is 4.45. The maximum atomic E-state index is 14.1. The van der Waals surface area contributed by atoms with Gasteiger partial charge in [0.1, 0.15) is 23.1 Å². The number of halogens is 2. The Morgan fingerprint density at radius 3 is 2.09 bits per heavy atom. The number of aryl methyl sites for hydroxylation is 1. The molecule has 0 unspecified atom stereocenters. The zero-order chi connectivity index (χ0) is 22.7. The molecule has 0 aliphatic heterocycles. The van der Waals surface area contributed by atoms with Gasteiger partial charge in [-0.2, -0.15) is 0 Å². The van der Waals surface area contributed by atoms with Gasteiger partial charge in [0, 0.05) is 28.6 Å². The number of thioether (sulfide) groups is 1. The molecule has 0 bridgehead atoms. The zero-order valence-corrected chi connectivity index (χ0v) is 18.6. The average molecular weight is 454 g/mol. The van der Waals surface area contributed by atoms with Crippen LogP contribution in [0.5, 0.6) is 11.5 Å². The Labute approximate surface area is 189 Å². The molecule has 0 N–H and O–H groups in total. The van der Waals surface area contributed by atoms with Crippen molar-refractivity contribution in [3.63, 3.8) is 0 Å². The summed E-state index contributed by atoms with van der Waals surface area (Å²) >= 11 is 1.21. The number of methoxy groups -OCH3 is 2. The molecule has 0 saturated carbocycles. The van der Waals surface area contributed by atoms with E-state index in [2.05, 4.69) is 10.2 Å². The minimum absolute atomic E-state index is 0.000515. The van der Waals surface area contributed by atoms with E-state index < -0.39 is 11.6 Å². The first-order valence-electron chi connectivity index (χ1n) is 9.81. The molecule has 1 heterocycles. The Balaban J connectivity index is 1.80. The van der Waals surface area contributed by atoms with E-state index in [1.165, 1.54) is 30.0 Å². The largest absolute Gasteiger partial charge is 0.497 e. The molecule has 5 nitrogen and oxygen atoms in total. The third-order valence-corrected chi connectivity index (χ3v) is 5.90. The van der Waals surface area contributed by atoms with Gasteiger partial charge in [-0.1, -0.05) is 35.5 Å². The van der Waals surface area contributed by atoms with E-state index in [0.717, 1.165) is 16.8 Å². The summed E-state index contributed by atoms with van der Waals surface area (Å²) in [5, 5.41) is 9.22. The molecule has 164 valence electrons. The topological polar surface area (TPSA) is 49.2 Å². The Hall–Kier alpha value is -3.39. The number of benzene rings is 3. The summed E-state index contributed by atoms with van der Waals surface area (Å²) in [6, 6.07) is 17.2. The fourth-order valence-corrected chi connectivity index (χ4v) is 4.19. The van der Waals surface area contributed by atoms with Gasteiger partial charge < -0.3 is 9.47 Å². The lowest BCUT2D eigenvalue weighted by molar-refractivity contribution is 0.394. The van der Waals surface area contributed by atoms with Crippen LogP contribution in [0.4, 0.5) is 8.78 Å². The second kappa shape index (κ2) is 9.40. The zero-order valence-electron chi connectivity index (χ0n) is 17.8. The minimum atomic E-state index is -0.586. The van der Waals surface area contributed by atoms with Crippen LogP contribution in [0.25, 0.3) is 17.1 Å². The summed E-state index contributed by atoms with van der Waals surface area (Å²) in [7, 11) is 3.15. The second-order valence-electron chi connectivity index (χ2n) is 7.07. The fraction of sp³-hybridized carbons (Fsp3) is 0.167. The summed E-state index contributed by atoms with van der Waals surface area (Å²) in [4.78, 5) is 0. The van der Waals surface area contributed by atoms with Crippen LogP contribution < -0.4 is 9.47 Å². The molecule has 3 aromatic carbocycles. The molecule has 8 heteroatoms. The Morgan fingerprint density at radius 2 is 1.50 bits per heavy atom. The van der Waals surface area contributed by atoms with Gasteiger partial charge in [-0.3, -0.25) is 4.57 Å². The van der Waals surface area contributed by atoms with Crippen LogP contribution in [0.2, 0.25) is 0 Å². The van der Waals surface area contributed by atoms with Gasteiger partial charge >= 0.3 is 0 Å². The summed E-state index contributed by atoms with van der Waals surface area (Å²) in [6.07, 6.45) is 0. The first kappa shape index (κ1) is 21.8. The highest BCUT2D eigenvalue weighted by molar-refractivity contribution is 7.98. The van der Waals surface area contributed by atoms with Gasteiger partial charge in [0.05, 0.1) is 14.2 Å². The molecule has 0 aliphatic carbocycles. The van der Waals surface area contributed by atoms with Crippen molar-refractivity contribution < 1.29 is 18.3 Å². The number of hydrogen-bond acceptors (Lipinski definition) is 5. The maximum absolute atomic E-state index is 14.1.